The predicted molar refractivity (Wildman–Crippen MR) is 125 cm³/mol. The summed E-state index contributed by atoms with van der Waals surface area (Å²) in [5, 5.41) is 0.408. The molecule has 0 saturated carbocycles. The molecule has 2 aromatic heterocycles. The van der Waals surface area contributed by atoms with Crippen molar-refractivity contribution in [2.75, 3.05) is 17.2 Å². The van der Waals surface area contributed by atoms with Gasteiger partial charge in [0, 0.05) is 17.3 Å². The fourth-order valence-electron chi connectivity index (χ4n) is 3.40. The van der Waals surface area contributed by atoms with E-state index in [4.69, 9.17) is 44.0 Å². The summed E-state index contributed by atoms with van der Waals surface area (Å²) in [6.45, 7) is 1.85. The molecule has 34 heavy (non-hydrogen) atoms. The molecule has 1 aliphatic heterocycles. The second-order valence-corrected chi connectivity index (χ2v) is 12.3. The molecule has 1 aromatic carbocycles. The Morgan fingerprint density at radius 1 is 1.12 bits per heavy atom. The van der Waals surface area contributed by atoms with Crippen molar-refractivity contribution in [3.63, 3.8) is 0 Å². The van der Waals surface area contributed by atoms with Gasteiger partial charge in [-0.05, 0) is 54.2 Å². The SMILES string of the molecule is Cc1cc2c(cc1Cl)N(CCCS(=O)(=O)[O-])C(=Cc1sc3c(Cl)oc(Cl)c3[n+]1CS(=O)(=O)[O-])O2. The van der Waals surface area contributed by atoms with Crippen LogP contribution in [0.1, 0.15) is 17.0 Å². The van der Waals surface area contributed by atoms with Crippen molar-refractivity contribution in [3.8, 4) is 5.75 Å². The third-order valence-electron chi connectivity index (χ3n) is 4.82. The van der Waals surface area contributed by atoms with Gasteiger partial charge in [-0.15, -0.1) is 0 Å². The van der Waals surface area contributed by atoms with Crippen LogP contribution in [-0.2, 0) is 26.1 Å². The average molecular weight is 589 g/mol. The molecule has 184 valence electrons. The van der Waals surface area contributed by atoms with E-state index < -0.39 is 31.9 Å². The first-order valence-corrected chi connectivity index (χ1v) is 14.5. The molecule has 0 atom stereocenters. The van der Waals surface area contributed by atoms with E-state index in [0.29, 0.717) is 21.2 Å². The normalized spacial score (nSPS) is 15.4. The Hall–Kier alpha value is -1.58. The second-order valence-electron chi connectivity index (χ2n) is 7.30. The Bertz CT molecular complexity index is 1540. The maximum atomic E-state index is 11.6. The van der Waals surface area contributed by atoms with E-state index in [2.05, 4.69) is 0 Å². The predicted octanol–water partition coefficient (Wildman–Crippen LogP) is 3.69. The van der Waals surface area contributed by atoms with Crippen LogP contribution in [0.5, 0.6) is 5.75 Å². The van der Waals surface area contributed by atoms with Gasteiger partial charge in [0.05, 0.1) is 21.9 Å². The molecule has 0 fully saturated rings. The maximum Gasteiger partial charge on any atom is 0.284 e. The number of hydrogen-bond donors (Lipinski definition) is 0. The highest BCUT2D eigenvalue weighted by Gasteiger charge is 2.33. The number of halogens is 3. The maximum absolute atomic E-state index is 11.6. The number of anilines is 1. The quantitative estimate of drug-likeness (QED) is 0.298. The Balaban J connectivity index is 1.83. The lowest BCUT2D eigenvalue weighted by molar-refractivity contribution is -0.649. The van der Waals surface area contributed by atoms with Crippen molar-refractivity contribution in [2.24, 2.45) is 0 Å². The molecule has 3 heterocycles. The summed E-state index contributed by atoms with van der Waals surface area (Å²) in [6.07, 6.45) is 1.44. The molecule has 10 nitrogen and oxygen atoms in total. The molecule has 0 unspecified atom stereocenters. The third kappa shape index (κ3) is 5.31. The molecule has 1 aliphatic rings. The van der Waals surface area contributed by atoms with Gasteiger partial charge in [-0.1, -0.05) is 22.9 Å². The zero-order valence-electron chi connectivity index (χ0n) is 17.1. The standard InChI is InChI=1S/C18H15Cl3N2O8S3/c1-9-5-12-11(6-10(9)19)22(3-2-4-33(24,25)26)13(30-12)7-14-23(8-34(27,28)29)15-16(32-14)18(21)31-17(15)20/h5-7H,2-4,8H2,1H3,(H-,24,25,26,27,28,29)/p-1. The molecule has 0 N–H and O–H groups in total. The van der Waals surface area contributed by atoms with Crippen molar-refractivity contribution >= 4 is 88.4 Å². The van der Waals surface area contributed by atoms with Crippen LogP contribution < -0.4 is 14.2 Å². The van der Waals surface area contributed by atoms with Crippen LogP contribution in [0.4, 0.5) is 5.69 Å². The van der Waals surface area contributed by atoms with Gasteiger partial charge in [0.15, 0.2) is 20.6 Å². The number of nitrogens with zero attached hydrogens (tertiary/aromatic N) is 2. The van der Waals surface area contributed by atoms with Crippen molar-refractivity contribution in [1.29, 1.82) is 0 Å². The van der Waals surface area contributed by atoms with E-state index in [1.807, 2.05) is 0 Å². The number of rotatable bonds is 7. The van der Waals surface area contributed by atoms with Crippen molar-refractivity contribution in [3.05, 3.63) is 44.0 Å². The molecule has 0 saturated heterocycles. The molecular weight excluding hydrogens is 575 g/mol. The van der Waals surface area contributed by atoms with Crippen molar-refractivity contribution in [2.45, 2.75) is 19.2 Å². The molecule has 0 spiro atoms. The van der Waals surface area contributed by atoms with Gasteiger partial charge < -0.3 is 23.2 Å². The van der Waals surface area contributed by atoms with E-state index >= 15 is 0 Å². The topological polar surface area (TPSA) is 144 Å². The van der Waals surface area contributed by atoms with Gasteiger partial charge in [0.2, 0.25) is 17.0 Å². The Kier molecular flexibility index (Phi) is 6.85. The zero-order valence-corrected chi connectivity index (χ0v) is 21.8. The van der Waals surface area contributed by atoms with Gasteiger partial charge in [0.1, 0.15) is 0 Å². The highest BCUT2D eigenvalue weighted by molar-refractivity contribution is 7.85. The lowest BCUT2D eigenvalue weighted by Crippen LogP contribution is -2.39. The fourth-order valence-corrected chi connectivity index (χ4v) is 6.42. The van der Waals surface area contributed by atoms with Gasteiger partial charge >= 0.3 is 0 Å². The smallest absolute Gasteiger partial charge is 0.284 e. The number of ether oxygens (including phenoxy) is 1. The monoisotopic (exact) mass is 587 g/mol. The van der Waals surface area contributed by atoms with Crippen LogP contribution in [0.3, 0.4) is 0 Å². The zero-order chi connectivity index (χ0) is 25.0. The molecule has 16 heteroatoms. The second kappa shape index (κ2) is 9.13. The highest BCUT2D eigenvalue weighted by atomic mass is 35.5. The van der Waals surface area contributed by atoms with E-state index in [-0.39, 0.29) is 39.8 Å². The Labute approximate surface area is 213 Å². The van der Waals surface area contributed by atoms with Gasteiger partial charge in [-0.25, -0.2) is 16.8 Å². The molecule has 3 aromatic rings. The number of fused-ring (bicyclic) bond motifs is 2. The van der Waals surface area contributed by atoms with Crippen LogP contribution in [0.2, 0.25) is 15.5 Å². The molecule has 0 radical (unpaired) electrons. The fraction of sp³-hybridized carbons (Fsp3) is 0.278. The number of thiazole rings is 1. The summed E-state index contributed by atoms with van der Waals surface area (Å²) in [7, 11) is -9.17. The summed E-state index contributed by atoms with van der Waals surface area (Å²) >= 11 is 19.4. The van der Waals surface area contributed by atoms with Gasteiger partial charge in [-0.2, -0.15) is 4.57 Å². The first-order chi connectivity index (χ1) is 15.7. The molecule has 0 amide bonds. The lowest BCUT2D eigenvalue weighted by atomic mass is 10.2. The van der Waals surface area contributed by atoms with Gasteiger partial charge in [-0.3, -0.25) is 0 Å². The number of furan rings is 1. The number of aryl methyl sites for hydroxylation is 1. The van der Waals surface area contributed by atoms with Crippen LogP contribution in [-0.4, -0.2) is 38.2 Å². The van der Waals surface area contributed by atoms with E-state index in [9.17, 15) is 25.9 Å². The first kappa shape index (κ1) is 25.5. The van der Waals surface area contributed by atoms with E-state index in [0.717, 1.165) is 21.5 Å². The summed E-state index contributed by atoms with van der Waals surface area (Å²) in [6, 6.07) is 3.32. The minimum atomic E-state index is -4.74. The molecule has 0 aliphatic carbocycles. The largest absolute Gasteiger partial charge is 0.748 e. The number of benzene rings is 1. The van der Waals surface area contributed by atoms with Crippen molar-refractivity contribution < 1.29 is 39.7 Å². The van der Waals surface area contributed by atoms with E-state index in [1.54, 1.807) is 24.0 Å². The average Bonchev–Trinajstić information content (AvgIpc) is 3.28. The summed E-state index contributed by atoms with van der Waals surface area (Å²) in [5.74, 6) is -0.943. The first-order valence-electron chi connectivity index (χ1n) is 9.38. The third-order valence-corrected chi connectivity index (χ3v) is 8.36. The summed E-state index contributed by atoms with van der Waals surface area (Å²) in [4.78, 5) is 1.60. The Morgan fingerprint density at radius 2 is 1.82 bits per heavy atom. The minimum absolute atomic E-state index is 0.0135. The Morgan fingerprint density at radius 3 is 2.47 bits per heavy atom. The van der Waals surface area contributed by atoms with Gasteiger partial charge in [0.25, 0.3) is 15.7 Å². The van der Waals surface area contributed by atoms with Crippen LogP contribution in [0.15, 0.2) is 22.4 Å². The summed E-state index contributed by atoms with van der Waals surface area (Å²) in [5.41, 5.74) is 1.38. The number of aromatic nitrogens is 1. The number of hydrogen-bond acceptors (Lipinski definition) is 10. The van der Waals surface area contributed by atoms with Crippen LogP contribution in [0, 0.1) is 6.92 Å². The summed E-state index contributed by atoms with van der Waals surface area (Å²) < 4.78 is 80.4. The molecular formula is C18H14Cl3N2O8S3-. The lowest BCUT2D eigenvalue weighted by Gasteiger charge is -2.18. The highest BCUT2D eigenvalue weighted by Crippen LogP contribution is 2.43. The molecule has 0 bridgehead atoms. The van der Waals surface area contributed by atoms with Crippen LogP contribution in [0.25, 0.3) is 16.3 Å². The van der Waals surface area contributed by atoms with E-state index in [1.165, 1.54) is 6.08 Å². The minimum Gasteiger partial charge on any atom is -0.748 e. The molecule has 4 rings (SSSR count). The van der Waals surface area contributed by atoms with Crippen molar-refractivity contribution in [1.82, 2.24) is 0 Å². The van der Waals surface area contributed by atoms with Crippen LogP contribution >= 0.6 is 46.1 Å².